The lowest BCUT2D eigenvalue weighted by molar-refractivity contribution is -0.156. The number of esters is 1. The maximum Gasteiger partial charge on any atom is 0.410 e. The van der Waals surface area contributed by atoms with Crippen LogP contribution >= 0.6 is 0 Å². The average molecular weight is 362 g/mol. The Morgan fingerprint density at radius 2 is 1.92 bits per heavy atom. The van der Waals surface area contributed by atoms with Crippen molar-refractivity contribution in [3.8, 4) is 0 Å². The molecule has 1 saturated heterocycles. The second-order valence-corrected chi connectivity index (χ2v) is 8.02. The third kappa shape index (κ3) is 4.97. The summed E-state index contributed by atoms with van der Waals surface area (Å²) in [4.78, 5) is 26.6. The van der Waals surface area contributed by atoms with Gasteiger partial charge in [0, 0.05) is 25.7 Å². The standard InChI is InChI=1S/C20H30N2O4/c1-19(2,3)26-18(24)22-12-11-16(20(4,14-22)17(23)25-5)21-13-15-9-7-6-8-10-15/h6-10,16,21H,11-14H2,1-5H3/t16-,20-/m1/s1. The molecule has 0 radical (unpaired) electrons. The quantitative estimate of drug-likeness (QED) is 0.834. The molecule has 2 atom stereocenters. The maximum absolute atomic E-state index is 12.5. The van der Waals surface area contributed by atoms with Crippen LogP contribution in [-0.4, -0.2) is 48.8 Å². The number of carbonyl (C=O) groups excluding carboxylic acids is 2. The first-order chi connectivity index (χ1) is 12.2. The Labute approximate surface area is 155 Å². The van der Waals surface area contributed by atoms with Crippen LogP contribution in [0.3, 0.4) is 0 Å². The highest BCUT2D eigenvalue weighted by atomic mass is 16.6. The van der Waals surface area contributed by atoms with E-state index in [4.69, 9.17) is 9.47 Å². The Morgan fingerprint density at radius 3 is 2.50 bits per heavy atom. The average Bonchev–Trinajstić information content (AvgIpc) is 2.59. The number of amides is 1. The molecule has 6 heteroatoms. The van der Waals surface area contributed by atoms with Crippen molar-refractivity contribution in [1.82, 2.24) is 10.2 Å². The van der Waals surface area contributed by atoms with Crippen molar-refractivity contribution < 1.29 is 19.1 Å². The number of benzene rings is 1. The zero-order valence-corrected chi connectivity index (χ0v) is 16.4. The SMILES string of the molecule is COC(=O)[C@]1(C)CN(C(=O)OC(C)(C)C)CC[C@H]1NCc1ccccc1. The number of hydrogen-bond donors (Lipinski definition) is 1. The van der Waals surface area contributed by atoms with Crippen molar-refractivity contribution in [2.45, 2.75) is 52.3 Å². The van der Waals surface area contributed by atoms with E-state index in [2.05, 4.69) is 5.32 Å². The van der Waals surface area contributed by atoms with Crippen LogP contribution in [0.2, 0.25) is 0 Å². The first-order valence-electron chi connectivity index (χ1n) is 8.99. The Hall–Kier alpha value is -2.08. The fourth-order valence-electron chi connectivity index (χ4n) is 3.28. The molecule has 0 unspecified atom stereocenters. The minimum atomic E-state index is -0.835. The Balaban J connectivity index is 2.10. The summed E-state index contributed by atoms with van der Waals surface area (Å²) in [5.74, 6) is -0.323. The summed E-state index contributed by atoms with van der Waals surface area (Å²) in [5, 5.41) is 3.47. The molecule has 1 amide bonds. The molecule has 1 heterocycles. The first kappa shape index (κ1) is 20.2. The van der Waals surface area contributed by atoms with Crippen LogP contribution in [0.5, 0.6) is 0 Å². The number of hydrogen-bond acceptors (Lipinski definition) is 5. The number of carbonyl (C=O) groups is 2. The molecule has 144 valence electrons. The van der Waals surface area contributed by atoms with Gasteiger partial charge in [0.25, 0.3) is 0 Å². The van der Waals surface area contributed by atoms with Crippen LogP contribution in [0.1, 0.15) is 39.7 Å². The third-order valence-corrected chi connectivity index (χ3v) is 4.67. The monoisotopic (exact) mass is 362 g/mol. The minimum Gasteiger partial charge on any atom is -0.469 e. The van der Waals surface area contributed by atoms with Crippen molar-refractivity contribution in [2.75, 3.05) is 20.2 Å². The minimum absolute atomic E-state index is 0.0890. The van der Waals surface area contributed by atoms with Gasteiger partial charge in [-0.3, -0.25) is 4.79 Å². The fraction of sp³-hybridized carbons (Fsp3) is 0.600. The number of nitrogens with zero attached hydrogens (tertiary/aromatic N) is 1. The molecule has 1 aromatic rings. The molecule has 0 bridgehead atoms. The molecule has 1 fully saturated rings. The predicted molar refractivity (Wildman–Crippen MR) is 99.6 cm³/mol. The van der Waals surface area contributed by atoms with Gasteiger partial charge >= 0.3 is 12.1 Å². The second kappa shape index (κ2) is 8.08. The zero-order valence-electron chi connectivity index (χ0n) is 16.4. The number of nitrogens with one attached hydrogen (secondary N) is 1. The summed E-state index contributed by atoms with van der Waals surface area (Å²) in [5.41, 5.74) is -0.255. The van der Waals surface area contributed by atoms with Gasteiger partial charge in [0.15, 0.2) is 0 Å². The van der Waals surface area contributed by atoms with E-state index < -0.39 is 17.1 Å². The van der Waals surface area contributed by atoms with E-state index in [9.17, 15) is 9.59 Å². The molecule has 6 nitrogen and oxygen atoms in total. The lowest BCUT2D eigenvalue weighted by Crippen LogP contribution is -2.60. The number of methoxy groups -OCH3 is 1. The van der Waals surface area contributed by atoms with Crippen LogP contribution in [0.15, 0.2) is 30.3 Å². The lowest BCUT2D eigenvalue weighted by atomic mass is 9.77. The van der Waals surface area contributed by atoms with Gasteiger partial charge in [-0.2, -0.15) is 0 Å². The molecule has 2 rings (SSSR count). The third-order valence-electron chi connectivity index (χ3n) is 4.67. The second-order valence-electron chi connectivity index (χ2n) is 8.02. The van der Waals surface area contributed by atoms with E-state index in [0.717, 1.165) is 5.56 Å². The molecule has 26 heavy (non-hydrogen) atoms. The van der Waals surface area contributed by atoms with Gasteiger partial charge < -0.3 is 19.7 Å². The molecule has 0 aliphatic carbocycles. The molecule has 1 N–H and O–H groups in total. The number of ether oxygens (including phenoxy) is 2. The van der Waals surface area contributed by atoms with Crippen LogP contribution in [-0.2, 0) is 20.8 Å². The highest BCUT2D eigenvalue weighted by molar-refractivity contribution is 5.79. The molecule has 1 aliphatic rings. The normalized spacial score (nSPS) is 23.4. The summed E-state index contributed by atoms with van der Waals surface area (Å²) in [7, 11) is 1.38. The summed E-state index contributed by atoms with van der Waals surface area (Å²) in [6.45, 7) is 8.80. The largest absolute Gasteiger partial charge is 0.469 e. The van der Waals surface area contributed by atoms with E-state index in [1.807, 2.05) is 58.0 Å². The van der Waals surface area contributed by atoms with Gasteiger partial charge in [-0.05, 0) is 39.7 Å². The van der Waals surface area contributed by atoms with E-state index in [1.54, 1.807) is 4.90 Å². The summed E-state index contributed by atoms with van der Waals surface area (Å²) in [6.07, 6.45) is 0.256. The van der Waals surface area contributed by atoms with E-state index in [0.29, 0.717) is 19.5 Å². The van der Waals surface area contributed by atoms with E-state index in [-0.39, 0.29) is 18.6 Å². The molecule has 0 aromatic heterocycles. The van der Waals surface area contributed by atoms with Crippen LogP contribution in [0, 0.1) is 5.41 Å². The van der Waals surface area contributed by atoms with Crippen LogP contribution < -0.4 is 5.32 Å². The highest BCUT2D eigenvalue weighted by Crippen LogP contribution is 2.32. The Bertz CT molecular complexity index is 626. The molecule has 0 spiro atoms. The van der Waals surface area contributed by atoms with Gasteiger partial charge in [-0.1, -0.05) is 30.3 Å². The van der Waals surface area contributed by atoms with E-state index >= 15 is 0 Å². The van der Waals surface area contributed by atoms with Gasteiger partial charge in [0.2, 0.25) is 0 Å². The topological polar surface area (TPSA) is 67.9 Å². The van der Waals surface area contributed by atoms with Crippen molar-refractivity contribution in [1.29, 1.82) is 0 Å². The summed E-state index contributed by atoms with van der Waals surface area (Å²) in [6, 6.07) is 9.94. The predicted octanol–water partition coefficient (Wildman–Crippen LogP) is 2.96. The first-order valence-corrected chi connectivity index (χ1v) is 8.99. The van der Waals surface area contributed by atoms with Crippen molar-refractivity contribution in [3.05, 3.63) is 35.9 Å². The highest BCUT2D eigenvalue weighted by Gasteiger charge is 2.48. The molecule has 0 saturated carbocycles. The zero-order chi connectivity index (χ0) is 19.4. The summed E-state index contributed by atoms with van der Waals surface area (Å²) < 4.78 is 10.5. The van der Waals surface area contributed by atoms with Crippen molar-refractivity contribution >= 4 is 12.1 Å². The van der Waals surface area contributed by atoms with Gasteiger partial charge in [-0.15, -0.1) is 0 Å². The van der Waals surface area contributed by atoms with Gasteiger partial charge in [-0.25, -0.2) is 4.79 Å². The maximum atomic E-state index is 12.5. The Kier molecular flexibility index (Phi) is 6.29. The van der Waals surface area contributed by atoms with E-state index in [1.165, 1.54) is 7.11 Å². The number of rotatable bonds is 4. The van der Waals surface area contributed by atoms with Crippen LogP contribution in [0.25, 0.3) is 0 Å². The molecular formula is C20H30N2O4. The lowest BCUT2D eigenvalue weighted by Gasteiger charge is -2.44. The number of likely N-dealkylation sites (tertiary alicyclic amines) is 1. The Morgan fingerprint density at radius 1 is 1.27 bits per heavy atom. The number of piperidine rings is 1. The smallest absolute Gasteiger partial charge is 0.410 e. The van der Waals surface area contributed by atoms with Crippen molar-refractivity contribution in [3.63, 3.8) is 0 Å². The van der Waals surface area contributed by atoms with Gasteiger partial charge in [0.1, 0.15) is 5.60 Å². The van der Waals surface area contributed by atoms with Crippen molar-refractivity contribution in [2.24, 2.45) is 5.41 Å². The fourth-order valence-corrected chi connectivity index (χ4v) is 3.28. The summed E-state index contributed by atoms with van der Waals surface area (Å²) >= 11 is 0. The molecule has 1 aromatic carbocycles. The molecular weight excluding hydrogens is 332 g/mol. The van der Waals surface area contributed by atoms with Crippen LogP contribution in [0.4, 0.5) is 4.79 Å². The molecule has 1 aliphatic heterocycles. The van der Waals surface area contributed by atoms with Gasteiger partial charge in [0.05, 0.1) is 12.5 Å².